The number of aromatic nitrogens is 2. The number of aromatic carboxylic acids is 1. The number of ether oxygens (including phenoxy) is 1. The van der Waals surface area contributed by atoms with Gasteiger partial charge in [-0.25, -0.2) is 9.48 Å². The van der Waals surface area contributed by atoms with E-state index in [9.17, 15) is 4.79 Å². The second-order valence-electron chi connectivity index (χ2n) is 6.31. The summed E-state index contributed by atoms with van der Waals surface area (Å²) in [6.45, 7) is 3.92. The van der Waals surface area contributed by atoms with Crippen LogP contribution in [-0.2, 0) is 4.74 Å². The van der Waals surface area contributed by atoms with Gasteiger partial charge in [0, 0.05) is 11.3 Å². The molecular weight excluding hydrogens is 304 g/mol. The Hall–Kier alpha value is -2.66. The van der Waals surface area contributed by atoms with Gasteiger partial charge in [-0.05, 0) is 47.9 Å². The molecule has 2 heterocycles. The number of carbonyl (C=O) groups is 1. The van der Waals surface area contributed by atoms with Crippen molar-refractivity contribution in [3.05, 3.63) is 59.8 Å². The molecule has 0 bridgehead atoms. The molecule has 5 heteroatoms. The first-order valence-electron chi connectivity index (χ1n) is 8.02. The Morgan fingerprint density at radius 1 is 1.25 bits per heavy atom. The lowest BCUT2D eigenvalue weighted by Crippen LogP contribution is -2.31. The van der Waals surface area contributed by atoms with Crippen molar-refractivity contribution in [3.8, 4) is 5.69 Å². The molecule has 5 nitrogen and oxygen atoms in total. The number of hydrogen-bond donors (Lipinski definition) is 1. The topological polar surface area (TPSA) is 64.4 Å². The second-order valence-corrected chi connectivity index (χ2v) is 6.31. The largest absolute Gasteiger partial charge is 0.478 e. The number of carboxylic acids is 1. The Labute approximate surface area is 139 Å². The van der Waals surface area contributed by atoms with Crippen LogP contribution in [0.5, 0.6) is 0 Å². The van der Waals surface area contributed by atoms with Crippen molar-refractivity contribution in [3.63, 3.8) is 0 Å². The summed E-state index contributed by atoms with van der Waals surface area (Å²) in [5.74, 6) is 0.146. The van der Waals surface area contributed by atoms with Gasteiger partial charge in [-0.15, -0.1) is 0 Å². The van der Waals surface area contributed by atoms with E-state index in [0.717, 1.165) is 29.8 Å². The summed E-state index contributed by atoms with van der Waals surface area (Å²) in [4.78, 5) is 11.0. The second kappa shape index (κ2) is 5.76. The van der Waals surface area contributed by atoms with E-state index in [1.54, 1.807) is 24.3 Å². The molecule has 0 radical (unpaired) electrons. The highest BCUT2D eigenvalue weighted by Crippen LogP contribution is 2.31. The summed E-state index contributed by atoms with van der Waals surface area (Å²) >= 11 is 0. The Balaban J connectivity index is 1.68. The van der Waals surface area contributed by atoms with Crippen molar-refractivity contribution in [1.29, 1.82) is 0 Å². The lowest BCUT2D eigenvalue weighted by Gasteiger charge is -2.31. The molecule has 1 saturated heterocycles. The fourth-order valence-corrected chi connectivity index (χ4v) is 3.10. The number of rotatable bonds is 4. The molecule has 0 aliphatic carbocycles. The predicted molar refractivity (Wildman–Crippen MR) is 90.8 cm³/mol. The quantitative estimate of drug-likeness (QED) is 0.799. The zero-order chi connectivity index (χ0) is 16.7. The van der Waals surface area contributed by atoms with Gasteiger partial charge in [0.1, 0.15) is 0 Å². The van der Waals surface area contributed by atoms with Crippen LogP contribution in [0.25, 0.3) is 16.6 Å². The lowest BCUT2D eigenvalue weighted by molar-refractivity contribution is -0.0423. The summed E-state index contributed by atoms with van der Waals surface area (Å²) in [6, 6.07) is 13.2. The third-order valence-electron chi connectivity index (χ3n) is 4.85. The first-order chi connectivity index (χ1) is 11.6. The van der Waals surface area contributed by atoms with Crippen molar-refractivity contribution in [1.82, 2.24) is 9.78 Å². The van der Waals surface area contributed by atoms with E-state index in [2.05, 4.69) is 30.2 Å². The van der Waals surface area contributed by atoms with Crippen LogP contribution < -0.4 is 0 Å². The number of nitrogens with zero attached hydrogens (tertiary/aromatic N) is 2. The zero-order valence-corrected chi connectivity index (χ0v) is 13.3. The molecule has 1 aromatic heterocycles. The standard InChI is InChI=1S/C19H18N2O3/c1-12(16-10-24-11-16)14-4-7-18-15(8-14)9-20-21(18)17-5-2-13(3-6-17)19(22)23/h2-9,12,16H,10-11H2,1H3,(H,22,23)/t12-/m1/s1. The van der Waals surface area contributed by atoms with E-state index in [4.69, 9.17) is 9.84 Å². The Kier molecular flexibility index (Phi) is 3.58. The maximum atomic E-state index is 11.0. The molecule has 0 amide bonds. The highest BCUT2D eigenvalue weighted by atomic mass is 16.5. The first kappa shape index (κ1) is 14.9. The zero-order valence-electron chi connectivity index (χ0n) is 13.3. The normalized spacial score (nSPS) is 16.0. The van der Waals surface area contributed by atoms with E-state index in [0.29, 0.717) is 11.8 Å². The maximum Gasteiger partial charge on any atom is 0.335 e. The summed E-state index contributed by atoms with van der Waals surface area (Å²) in [5, 5.41) is 14.5. The minimum absolute atomic E-state index is 0.272. The molecule has 1 N–H and O–H groups in total. The van der Waals surface area contributed by atoms with Gasteiger partial charge in [-0.2, -0.15) is 5.10 Å². The van der Waals surface area contributed by atoms with Crippen LogP contribution in [-0.4, -0.2) is 34.1 Å². The van der Waals surface area contributed by atoms with Crippen LogP contribution in [0.15, 0.2) is 48.7 Å². The molecule has 0 spiro atoms. The average molecular weight is 322 g/mol. The van der Waals surface area contributed by atoms with Gasteiger partial charge in [0.05, 0.1) is 36.2 Å². The summed E-state index contributed by atoms with van der Waals surface area (Å²) < 4.78 is 7.13. The Morgan fingerprint density at radius 3 is 2.62 bits per heavy atom. The van der Waals surface area contributed by atoms with Crippen molar-refractivity contribution >= 4 is 16.9 Å². The lowest BCUT2D eigenvalue weighted by atomic mass is 9.86. The molecule has 1 aliphatic heterocycles. The van der Waals surface area contributed by atoms with Crippen LogP contribution >= 0.6 is 0 Å². The minimum Gasteiger partial charge on any atom is -0.478 e. The van der Waals surface area contributed by atoms with Crippen LogP contribution in [0.2, 0.25) is 0 Å². The van der Waals surface area contributed by atoms with Crippen LogP contribution in [0.4, 0.5) is 0 Å². The predicted octanol–water partition coefficient (Wildman–Crippen LogP) is 3.47. The van der Waals surface area contributed by atoms with E-state index in [1.807, 2.05) is 10.9 Å². The van der Waals surface area contributed by atoms with Gasteiger partial charge >= 0.3 is 5.97 Å². The Bertz CT molecular complexity index is 895. The molecular formula is C19H18N2O3. The van der Waals surface area contributed by atoms with Crippen LogP contribution in [0, 0.1) is 5.92 Å². The molecule has 1 atom stereocenters. The summed E-state index contributed by atoms with van der Waals surface area (Å²) in [6.07, 6.45) is 1.86. The fourth-order valence-electron chi connectivity index (χ4n) is 3.10. The summed E-state index contributed by atoms with van der Waals surface area (Å²) in [5.41, 5.74) is 3.44. The molecule has 24 heavy (non-hydrogen) atoms. The van der Waals surface area contributed by atoms with Crippen molar-refractivity contribution in [2.24, 2.45) is 5.92 Å². The SMILES string of the molecule is C[C@H](c1ccc2c(cnn2-c2ccc(C(=O)O)cc2)c1)C1COC1. The molecule has 2 aromatic carbocycles. The third-order valence-corrected chi connectivity index (χ3v) is 4.85. The number of benzene rings is 2. The van der Waals surface area contributed by atoms with Crippen molar-refractivity contribution in [2.75, 3.05) is 13.2 Å². The van der Waals surface area contributed by atoms with Gasteiger partial charge in [-0.1, -0.05) is 13.0 Å². The maximum absolute atomic E-state index is 11.0. The van der Waals surface area contributed by atoms with Gasteiger partial charge in [0.15, 0.2) is 0 Å². The molecule has 0 saturated carbocycles. The van der Waals surface area contributed by atoms with E-state index in [1.165, 1.54) is 5.56 Å². The van der Waals surface area contributed by atoms with Crippen molar-refractivity contribution in [2.45, 2.75) is 12.8 Å². The van der Waals surface area contributed by atoms with E-state index in [-0.39, 0.29) is 5.56 Å². The number of hydrogen-bond acceptors (Lipinski definition) is 3. The highest BCUT2D eigenvalue weighted by Gasteiger charge is 2.26. The van der Waals surface area contributed by atoms with Gasteiger partial charge < -0.3 is 9.84 Å². The molecule has 1 fully saturated rings. The molecule has 1 aliphatic rings. The molecule has 0 unspecified atom stereocenters. The Morgan fingerprint density at radius 2 is 2.00 bits per heavy atom. The van der Waals surface area contributed by atoms with Gasteiger partial charge in [0.25, 0.3) is 0 Å². The smallest absolute Gasteiger partial charge is 0.335 e. The van der Waals surface area contributed by atoms with E-state index >= 15 is 0 Å². The van der Waals surface area contributed by atoms with Gasteiger partial charge in [0.2, 0.25) is 0 Å². The minimum atomic E-state index is -0.925. The van der Waals surface area contributed by atoms with Crippen LogP contribution in [0.3, 0.4) is 0 Å². The van der Waals surface area contributed by atoms with Crippen molar-refractivity contribution < 1.29 is 14.6 Å². The average Bonchev–Trinajstić information content (AvgIpc) is 2.96. The number of fused-ring (bicyclic) bond motifs is 1. The van der Waals surface area contributed by atoms with Crippen LogP contribution in [0.1, 0.15) is 28.8 Å². The summed E-state index contributed by atoms with van der Waals surface area (Å²) in [7, 11) is 0. The molecule has 122 valence electrons. The monoisotopic (exact) mass is 322 g/mol. The third kappa shape index (κ3) is 2.47. The van der Waals surface area contributed by atoms with Gasteiger partial charge in [-0.3, -0.25) is 0 Å². The highest BCUT2D eigenvalue weighted by molar-refractivity contribution is 5.88. The molecule has 4 rings (SSSR count). The number of carboxylic acid groups (broad SMARTS) is 1. The van der Waals surface area contributed by atoms with E-state index < -0.39 is 5.97 Å². The fraction of sp³-hybridized carbons (Fsp3) is 0.263. The molecule has 3 aromatic rings. The first-order valence-corrected chi connectivity index (χ1v) is 8.02.